The summed E-state index contributed by atoms with van der Waals surface area (Å²) in [6.07, 6.45) is 1.56. The second kappa shape index (κ2) is 8.37. The summed E-state index contributed by atoms with van der Waals surface area (Å²) in [5.41, 5.74) is 3.56. The highest BCUT2D eigenvalue weighted by atomic mass is 16.5. The average Bonchev–Trinajstić information content (AvgIpc) is 2.77. The van der Waals surface area contributed by atoms with E-state index in [0.717, 1.165) is 28.8 Å². The van der Waals surface area contributed by atoms with Crippen LogP contribution in [0.5, 0.6) is 5.75 Å². The number of benzene rings is 2. The van der Waals surface area contributed by atoms with Crippen molar-refractivity contribution in [3.8, 4) is 5.75 Å². The number of aryl methyl sites for hydroxylation is 2. The summed E-state index contributed by atoms with van der Waals surface area (Å²) in [6.45, 7) is 3.85. The summed E-state index contributed by atoms with van der Waals surface area (Å²) in [5.74, 6) is 0.231. The minimum atomic E-state index is -0.819. The number of hydrogen-bond donors (Lipinski definition) is 1. The lowest BCUT2D eigenvalue weighted by atomic mass is 10.1. The molecule has 3 aromatic rings. The zero-order chi connectivity index (χ0) is 21.1. The van der Waals surface area contributed by atoms with Crippen molar-refractivity contribution < 1.29 is 14.3 Å². The quantitative estimate of drug-likeness (QED) is 0.700. The number of pyridine rings is 1. The van der Waals surface area contributed by atoms with E-state index in [1.807, 2.05) is 62.4 Å². The summed E-state index contributed by atoms with van der Waals surface area (Å²) in [4.78, 5) is 31.9. The largest absolute Gasteiger partial charge is 0.472 e. The van der Waals surface area contributed by atoms with Gasteiger partial charge in [0, 0.05) is 17.4 Å². The molecule has 4 rings (SSSR count). The van der Waals surface area contributed by atoms with Crippen LogP contribution in [0, 0.1) is 6.92 Å². The molecule has 0 aliphatic carbocycles. The smallest absolute Gasteiger partial charge is 0.274 e. The molecule has 0 radical (unpaired) electrons. The van der Waals surface area contributed by atoms with Gasteiger partial charge in [-0.2, -0.15) is 0 Å². The van der Waals surface area contributed by atoms with E-state index in [-0.39, 0.29) is 18.4 Å². The lowest BCUT2D eigenvalue weighted by Gasteiger charge is -2.33. The van der Waals surface area contributed by atoms with Gasteiger partial charge in [-0.25, -0.2) is 4.98 Å². The molecule has 0 saturated carbocycles. The lowest BCUT2D eigenvalue weighted by molar-refractivity contribution is -0.128. The third-order valence-electron chi connectivity index (χ3n) is 5.15. The van der Waals surface area contributed by atoms with Gasteiger partial charge in [0.15, 0.2) is 11.6 Å². The van der Waals surface area contributed by atoms with Crippen molar-refractivity contribution in [2.45, 2.75) is 26.4 Å². The number of carbonyl (C=O) groups is 2. The van der Waals surface area contributed by atoms with E-state index in [1.165, 1.54) is 4.90 Å². The van der Waals surface area contributed by atoms with Gasteiger partial charge in [-0.15, -0.1) is 0 Å². The average molecular weight is 401 g/mol. The molecule has 1 unspecified atom stereocenters. The van der Waals surface area contributed by atoms with Gasteiger partial charge in [0.25, 0.3) is 5.91 Å². The maximum absolute atomic E-state index is 13.2. The molecule has 152 valence electrons. The van der Waals surface area contributed by atoms with Crippen LogP contribution in [0.25, 0.3) is 0 Å². The Bertz CT molecular complexity index is 1080. The standard InChI is InChI=1S/C24H23N3O3/c1-3-17-12-7-9-16(2)21(17)26-20(28)15-27-23-19(13-8-14-25-23)30-22(24(27)29)18-10-5-4-6-11-18/h4-14,22H,3,15H2,1-2H3,(H,26,28). The number of nitrogens with zero attached hydrogens (tertiary/aromatic N) is 2. The Hall–Kier alpha value is -3.67. The monoisotopic (exact) mass is 401 g/mol. The van der Waals surface area contributed by atoms with E-state index in [1.54, 1.807) is 18.3 Å². The van der Waals surface area contributed by atoms with Gasteiger partial charge in [0.1, 0.15) is 6.54 Å². The second-order valence-electron chi connectivity index (χ2n) is 7.17. The minimum Gasteiger partial charge on any atom is -0.472 e. The van der Waals surface area contributed by atoms with Crippen molar-refractivity contribution >= 4 is 23.3 Å². The van der Waals surface area contributed by atoms with E-state index in [4.69, 9.17) is 4.74 Å². The molecule has 1 aliphatic heterocycles. The fourth-order valence-electron chi connectivity index (χ4n) is 3.62. The van der Waals surface area contributed by atoms with Crippen LogP contribution in [-0.2, 0) is 16.0 Å². The van der Waals surface area contributed by atoms with E-state index in [2.05, 4.69) is 10.3 Å². The van der Waals surface area contributed by atoms with E-state index < -0.39 is 6.10 Å². The van der Waals surface area contributed by atoms with Gasteiger partial charge in [0.2, 0.25) is 12.0 Å². The number of nitrogens with one attached hydrogen (secondary N) is 1. The first-order valence-corrected chi connectivity index (χ1v) is 9.94. The van der Waals surface area contributed by atoms with Gasteiger partial charge in [-0.05, 0) is 36.6 Å². The number of para-hydroxylation sites is 1. The summed E-state index contributed by atoms with van der Waals surface area (Å²) >= 11 is 0. The zero-order valence-corrected chi connectivity index (χ0v) is 17.0. The highest BCUT2D eigenvalue weighted by Gasteiger charge is 2.37. The number of carbonyl (C=O) groups excluding carboxylic acids is 2. The number of aromatic nitrogens is 1. The molecule has 2 amide bonds. The first-order valence-electron chi connectivity index (χ1n) is 9.94. The summed E-state index contributed by atoms with van der Waals surface area (Å²) in [5, 5.41) is 2.98. The van der Waals surface area contributed by atoms with Crippen LogP contribution in [-0.4, -0.2) is 23.3 Å². The molecule has 2 aromatic carbocycles. The topological polar surface area (TPSA) is 71.5 Å². The van der Waals surface area contributed by atoms with Crippen molar-refractivity contribution in [3.05, 3.63) is 83.6 Å². The van der Waals surface area contributed by atoms with Crippen LogP contribution in [0.15, 0.2) is 66.9 Å². The van der Waals surface area contributed by atoms with Crippen molar-refractivity contribution in [2.24, 2.45) is 0 Å². The second-order valence-corrected chi connectivity index (χ2v) is 7.17. The maximum atomic E-state index is 13.2. The first kappa shape index (κ1) is 19.6. The molecule has 1 N–H and O–H groups in total. The maximum Gasteiger partial charge on any atom is 0.274 e. The van der Waals surface area contributed by atoms with Gasteiger partial charge in [0.05, 0.1) is 0 Å². The minimum absolute atomic E-state index is 0.146. The zero-order valence-electron chi connectivity index (χ0n) is 17.0. The highest BCUT2D eigenvalue weighted by Crippen LogP contribution is 2.37. The predicted molar refractivity (Wildman–Crippen MR) is 116 cm³/mol. The van der Waals surface area contributed by atoms with Crippen LogP contribution in [0.3, 0.4) is 0 Å². The van der Waals surface area contributed by atoms with Crippen molar-refractivity contribution in [2.75, 3.05) is 16.8 Å². The molecular weight excluding hydrogens is 378 g/mol. The fraction of sp³-hybridized carbons (Fsp3) is 0.208. The van der Waals surface area contributed by atoms with Crippen molar-refractivity contribution in [3.63, 3.8) is 0 Å². The number of anilines is 2. The third-order valence-corrected chi connectivity index (χ3v) is 5.15. The number of fused-ring (bicyclic) bond motifs is 1. The molecule has 1 aliphatic rings. The fourth-order valence-corrected chi connectivity index (χ4v) is 3.62. The SMILES string of the molecule is CCc1cccc(C)c1NC(=O)CN1C(=O)C(c2ccccc2)Oc2cccnc21. The molecule has 2 heterocycles. The normalized spacial score (nSPS) is 15.3. The Morgan fingerprint density at radius 3 is 2.67 bits per heavy atom. The lowest BCUT2D eigenvalue weighted by Crippen LogP contribution is -2.45. The predicted octanol–water partition coefficient (Wildman–Crippen LogP) is 4.06. The molecule has 0 bridgehead atoms. The first-order chi connectivity index (χ1) is 14.6. The molecule has 0 saturated heterocycles. The Morgan fingerprint density at radius 1 is 1.10 bits per heavy atom. The van der Waals surface area contributed by atoms with Gasteiger partial charge >= 0.3 is 0 Å². The van der Waals surface area contributed by atoms with Crippen LogP contribution in [0.4, 0.5) is 11.5 Å². The van der Waals surface area contributed by atoms with Crippen molar-refractivity contribution in [1.82, 2.24) is 4.98 Å². The van der Waals surface area contributed by atoms with Gasteiger partial charge in [-0.3, -0.25) is 14.5 Å². The molecule has 30 heavy (non-hydrogen) atoms. The van der Waals surface area contributed by atoms with E-state index >= 15 is 0 Å². The van der Waals surface area contributed by atoms with Gasteiger partial charge < -0.3 is 10.1 Å². The number of rotatable bonds is 5. The third kappa shape index (κ3) is 3.76. The van der Waals surface area contributed by atoms with Crippen LogP contribution in [0.1, 0.15) is 29.7 Å². The Labute approximate surface area is 175 Å². The van der Waals surface area contributed by atoms with Crippen LogP contribution >= 0.6 is 0 Å². The van der Waals surface area contributed by atoms with Crippen LogP contribution in [0.2, 0.25) is 0 Å². The van der Waals surface area contributed by atoms with Crippen LogP contribution < -0.4 is 15.0 Å². The Balaban J connectivity index is 1.62. The number of hydrogen-bond acceptors (Lipinski definition) is 4. The molecule has 1 atom stereocenters. The van der Waals surface area contributed by atoms with Gasteiger partial charge in [-0.1, -0.05) is 55.5 Å². The summed E-state index contributed by atoms with van der Waals surface area (Å²) in [6, 6.07) is 18.7. The number of ether oxygens (including phenoxy) is 1. The summed E-state index contributed by atoms with van der Waals surface area (Å²) in [7, 11) is 0. The highest BCUT2D eigenvalue weighted by molar-refractivity contribution is 6.06. The van der Waals surface area contributed by atoms with E-state index in [9.17, 15) is 9.59 Å². The molecular formula is C24H23N3O3. The number of amides is 2. The molecule has 0 spiro atoms. The van der Waals surface area contributed by atoms with Crippen molar-refractivity contribution in [1.29, 1.82) is 0 Å². The Morgan fingerprint density at radius 2 is 1.90 bits per heavy atom. The molecule has 0 fully saturated rings. The van der Waals surface area contributed by atoms with E-state index in [0.29, 0.717) is 11.6 Å². The molecule has 6 heteroatoms. The Kier molecular flexibility index (Phi) is 5.48. The molecule has 6 nitrogen and oxygen atoms in total. The molecule has 1 aromatic heterocycles. The summed E-state index contributed by atoms with van der Waals surface area (Å²) < 4.78 is 5.93.